The fraction of sp³-hybridized carbons (Fsp3) is 0.350. The maximum atomic E-state index is 13.2. The van der Waals surface area contributed by atoms with E-state index < -0.39 is 0 Å². The van der Waals surface area contributed by atoms with Crippen LogP contribution in [0.25, 0.3) is 0 Å². The van der Waals surface area contributed by atoms with E-state index in [1.54, 1.807) is 19.2 Å². The first-order valence-corrected chi connectivity index (χ1v) is 8.56. The van der Waals surface area contributed by atoms with Gasteiger partial charge in [-0.2, -0.15) is 0 Å². The summed E-state index contributed by atoms with van der Waals surface area (Å²) in [6, 6.07) is 14.1. The predicted octanol–water partition coefficient (Wildman–Crippen LogP) is 3.69. The van der Waals surface area contributed by atoms with Crippen molar-refractivity contribution in [3.05, 3.63) is 59.9 Å². The summed E-state index contributed by atoms with van der Waals surface area (Å²) in [6.45, 7) is 2.60. The van der Waals surface area contributed by atoms with E-state index in [1.165, 1.54) is 17.7 Å². The number of halogens is 1. The molecule has 0 aliphatic carbocycles. The molecule has 0 atom stereocenters. The van der Waals surface area contributed by atoms with Crippen LogP contribution in [0.5, 0.6) is 5.75 Å². The number of anilines is 1. The fourth-order valence-corrected chi connectivity index (χ4v) is 3.19. The molecule has 1 N–H and O–H groups in total. The number of hydrogen-bond acceptors (Lipinski definition) is 3. The summed E-state index contributed by atoms with van der Waals surface area (Å²) in [5, 5.41) is 2.82. The molecule has 0 unspecified atom stereocenters. The number of likely N-dealkylation sites (tertiary alicyclic amines) is 1. The third kappa shape index (κ3) is 4.79. The number of carbonyl (C=O) groups excluding carboxylic acids is 1. The number of nitrogens with zero attached hydrogens (tertiary/aromatic N) is 1. The zero-order valence-electron chi connectivity index (χ0n) is 14.4. The van der Waals surface area contributed by atoms with Crippen LogP contribution in [0.2, 0.25) is 0 Å². The number of hydrogen-bond donors (Lipinski definition) is 1. The second-order valence-corrected chi connectivity index (χ2v) is 6.40. The van der Waals surface area contributed by atoms with Crippen molar-refractivity contribution >= 4 is 11.6 Å². The highest BCUT2D eigenvalue weighted by molar-refractivity contribution is 5.92. The molecule has 5 heteroatoms. The molecule has 2 aromatic carbocycles. The van der Waals surface area contributed by atoms with Crippen molar-refractivity contribution in [1.82, 2.24) is 4.90 Å². The number of carbonyl (C=O) groups is 1. The van der Waals surface area contributed by atoms with E-state index in [4.69, 9.17) is 4.74 Å². The molecule has 0 aromatic heterocycles. The first kappa shape index (κ1) is 17.4. The molecule has 2 aromatic rings. The Hall–Kier alpha value is -2.40. The smallest absolute Gasteiger partial charge is 0.227 e. The lowest BCUT2D eigenvalue weighted by Crippen LogP contribution is -2.37. The van der Waals surface area contributed by atoms with Crippen LogP contribution in [0.4, 0.5) is 10.1 Å². The van der Waals surface area contributed by atoms with E-state index >= 15 is 0 Å². The SMILES string of the molecule is COc1cccc(CN2CCC(C(=O)Nc3cccc(F)c3)CC2)c1. The second-order valence-electron chi connectivity index (χ2n) is 6.40. The van der Waals surface area contributed by atoms with Crippen molar-refractivity contribution in [2.24, 2.45) is 5.92 Å². The molecule has 1 amide bonds. The van der Waals surface area contributed by atoms with Gasteiger partial charge in [-0.3, -0.25) is 9.69 Å². The van der Waals surface area contributed by atoms with Crippen molar-refractivity contribution < 1.29 is 13.9 Å². The molecule has 3 rings (SSSR count). The lowest BCUT2D eigenvalue weighted by Gasteiger charge is -2.31. The number of ether oxygens (including phenoxy) is 1. The Morgan fingerprint density at radius 1 is 1.20 bits per heavy atom. The van der Waals surface area contributed by atoms with Crippen LogP contribution in [0.1, 0.15) is 18.4 Å². The average Bonchev–Trinajstić information content (AvgIpc) is 2.62. The summed E-state index contributed by atoms with van der Waals surface area (Å²) in [6.07, 6.45) is 1.62. The number of piperidine rings is 1. The minimum absolute atomic E-state index is 0.0216. The predicted molar refractivity (Wildman–Crippen MR) is 96.0 cm³/mol. The molecule has 1 saturated heterocycles. The van der Waals surface area contributed by atoms with Gasteiger partial charge in [0.2, 0.25) is 5.91 Å². The second kappa shape index (κ2) is 8.12. The van der Waals surface area contributed by atoms with Gasteiger partial charge in [0.1, 0.15) is 11.6 Å². The molecule has 1 aliphatic heterocycles. The van der Waals surface area contributed by atoms with Crippen molar-refractivity contribution in [3.8, 4) is 5.75 Å². The van der Waals surface area contributed by atoms with E-state index in [9.17, 15) is 9.18 Å². The number of nitrogens with one attached hydrogen (secondary N) is 1. The van der Waals surface area contributed by atoms with Gasteiger partial charge in [-0.1, -0.05) is 18.2 Å². The summed E-state index contributed by atoms with van der Waals surface area (Å²) in [4.78, 5) is 14.7. The number of methoxy groups -OCH3 is 1. The van der Waals surface area contributed by atoms with Gasteiger partial charge in [0.25, 0.3) is 0 Å². The Balaban J connectivity index is 1.50. The lowest BCUT2D eigenvalue weighted by molar-refractivity contribution is -0.121. The minimum atomic E-state index is -0.342. The third-order valence-corrected chi connectivity index (χ3v) is 4.59. The van der Waals surface area contributed by atoms with Crippen LogP contribution in [-0.2, 0) is 11.3 Å². The molecule has 0 bridgehead atoms. The van der Waals surface area contributed by atoms with Crippen LogP contribution in [0.3, 0.4) is 0 Å². The molecule has 4 nitrogen and oxygen atoms in total. The minimum Gasteiger partial charge on any atom is -0.497 e. The zero-order valence-corrected chi connectivity index (χ0v) is 14.4. The maximum absolute atomic E-state index is 13.2. The van der Waals surface area contributed by atoms with Crippen molar-refractivity contribution in [2.75, 3.05) is 25.5 Å². The topological polar surface area (TPSA) is 41.6 Å². The van der Waals surface area contributed by atoms with Crippen LogP contribution < -0.4 is 10.1 Å². The number of benzene rings is 2. The van der Waals surface area contributed by atoms with E-state index in [0.29, 0.717) is 5.69 Å². The molecular formula is C20H23FN2O2. The van der Waals surface area contributed by atoms with Gasteiger partial charge in [0, 0.05) is 18.2 Å². The Bertz CT molecular complexity index is 727. The molecule has 1 heterocycles. The van der Waals surface area contributed by atoms with Gasteiger partial charge in [-0.15, -0.1) is 0 Å². The quantitative estimate of drug-likeness (QED) is 0.901. The molecule has 132 valence electrons. The summed E-state index contributed by atoms with van der Waals surface area (Å²) < 4.78 is 18.5. The standard InChI is InChI=1S/C20H23FN2O2/c1-25-19-7-2-4-15(12-19)14-23-10-8-16(9-11-23)20(24)22-18-6-3-5-17(21)13-18/h2-7,12-13,16H,8-11,14H2,1H3,(H,22,24). The van der Waals surface area contributed by atoms with E-state index in [1.807, 2.05) is 18.2 Å². The van der Waals surface area contributed by atoms with Gasteiger partial charge < -0.3 is 10.1 Å². The summed E-state index contributed by atoms with van der Waals surface area (Å²) in [5.74, 6) is 0.476. The molecule has 0 radical (unpaired) electrons. The normalized spacial score (nSPS) is 15.8. The van der Waals surface area contributed by atoms with Gasteiger partial charge in [0.05, 0.1) is 7.11 Å². The molecule has 25 heavy (non-hydrogen) atoms. The average molecular weight is 342 g/mol. The molecular weight excluding hydrogens is 319 g/mol. The molecule has 0 spiro atoms. The first-order chi connectivity index (χ1) is 12.1. The third-order valence-electron chi connectivity index (χ3n) is 4.59. The highest BCUT2D eigenvalue weighted by Gasteiger charge is 2.25. The van der Waals surface area contributed by atoms with Crippen LogP contribution in [0, 0.1) is 11.7 Å². The van der Waals surface area contributed by atoms with Gasteiger partial charge in [-0.05, 0) is 61.8 Å². The Labute approximate surface area is 147 Å². The number of rotatable bonds is 5. The summed E-state index contributed by atoms with van der Waals surface area (Å²) in [5.41, 5.74) is 1.73. The molecule has 0 saturated carbocycles. The Morgan fingerprint density at radius 2 is 1.96 bits per heavy atom. The Morgan fingerprint density at radius 3 is 2.68 bits per heavy atom. The van der Waals surface area contributed by atoms with E-state index in [-0.39, 0.29) is 17.6 Å². The van der Waals surface area contributed by atoms with E-state index in [0.717, 1.165) is 38.2 Å². The maximum Gasteiger partial charge on any atom is 0.227 e. The van der Waals surface area contributed by atoms with Gasteiger partial charge >= 0.3 is 0 Å². The highest BCUT2D eigenvalue weighted by Crippen LogP contribution is 2.22. The van der Waals surface area contributed by atoms with E-state index in [2.05, 4.69) is 16.3 Å². The van der Waals surface area contributed by atoms with Gasteiger partial charge in [0.15, 0.2) is 0 Å². The van der Waals surface area contributed by atoms with Crippen LogP contribution in [-0.4, -0.2) is 31.0 Å². The monoisotopic (exact) mass is 342 g/mol. The lowest BCUT2D eigenvalue weighted by atomic mass is 9.95. The summed E-state index contributed by atoms with van der Waals surface area (Å²) >= 11 is 0. The Kier molecular flexibility index (Phi) is 5.66. The highest BCUT2D eigenvalue weighted by atomic mass is 19.1. The molecule has 1 fully saturated rings. The zero-order chi connectivity index (χ0) is 17.6. The molecule has 1 aliphatic rings. The van der Waals surface area contributed by atoms with Crippen molar-refractivity contribution in [1.29, 1.82) is 0 Å². The van der Waals surface area contributed by atoms with Crippen LogP contribution in [0.15, 0.2) is 48.5 Å². The fourth-order valence-electron chi connectivity index (χ4n) is 3.19. The first-order valence-electron chi connectivity index (χ1n) is 8.56. The van der Waals surface area contributed by atoms with Crippen LogP contribution >= 0.6 is 0 Å². The largest absolute Gasteiger partial charge is 0.497 e. The van der Waals surface area contributed by atoms with Crippen molar-refractivity contribution in [2.45, 2.75) is 19.4 Å². The van der Waals surface area contributed by atoms with Crippen molar-refractivity contribution in [3.63, 3.8) is 0 Å². The number of amides is 1. The van der Waals surface area contributed by atoms with Gasteiger partial charge in [-0.25, -0.2) is 4.39 Å². The summed E-state index contributed by atoms with van der Waals surface area (Å²) in [7, 11) is 1.67.